The summed E-state index contributed by atoms with van der Waals surface area (Å²) in [4.78, 5) is 28.9. The molecule has 28 heavy (non-hydrogen) atoms. The number of piperazine rings is 1. The second kappa shape index (κ2) is 7.95. The molecule has 0 bridgehead atoms. The zero-order valence-corrected chi connectivity index (χ0v) is 15.5. The molecule has 1 saturated heterocycles. The van der Waals surface area contributed by atoms with Gasteiger partial charge in [0.25, 0.3) is 0 Å². The molecule has 3 heterocycles. The van der Waals surface area contributed by atoms with Crippen LogP contribution in [-0.4, -0.2) is 57.1 Å². The summed E-state index contributed by atoms with van der Waals surface area (Å²) in [5.41, 5.74) is 1.47. The molecule has 0 spiro atoms. The van der Waals surface area contributed by atoms with Crippen LogP contribution < -0.4 is 15.1 Å². The molecule has 4 rings (SSSR count). The highest BCUT2D eigenvalue weighted by molar-refractivity contribution is 5.94. The quantitative estimate of drug-likeness (QED) is 0.669. The minimum atomic E-state index is 0.0338. The molecule has 1 fully saturated rings. The molecule has 9 heteroatoms. The fourth-order valence-corrected chi connectivity index (χ4v) is 3.01. The summed E-state index contributed by atoms with van der Waals surface area (Å²) in [5, 5.41) is 11.3. The number of carbonyl (C=O) groups excluding carboxylic acids is 1. The number of nitrogens with one attached hydrogen (secondary N) is 1. The van der Waals surface area contributed by atoms with Crippen LogP contribution in [-0.2, 0) is 0 Å². The molecule has 1 aliphatic heterocycles. The van der Waals surface area contributed by atoms with Crippen molar-refractivity contribution in [1.29, 1.82) is 0 Å². The van der Waals surface area contributed by atoms with Crippen molar-refractivity contribution < 1.29 is 4.79 Å². The Morgan fingerprint density at radius 1 is 1.00 bits per heavy atom. The smallest absolute Gasteiger partial charge is 0.249 e. The van der Waals surface area contributed by atoms with Crippen molar-refractivity contribution in [2.75, 3.05) is 41.3 Å². The van der Waals surface area contributed by atoms with E-state index in [-0.39, 0.29) is 5.78 Å². The second-order valence-corrected chi connectivity index (χ2v) is 6.42. The third kappa shape index (κ3) is 4.03. The van der Waals surface area contributed by atoms with Crippen LogP contribution in [0.15, 0.2) is 48.9 Å². The van der Waals surface area contributed by atoms with Crippen LogP contribution in [0.2, 0.25) is 0 Å². The molecule has 9 nitrogen and oxygen atoms in total. The molecular formula is C19H20N8O. The monoisotopic (exact) mass is 376 g/mol. The van der Waals surface area contributed by atoms with E-state index in [1.54, 1.807) is 37.6 Å². The molecule has 0 radical (unpaired) electrons. The van der Waals surface area contributed by atoms with Crippen LogP contribution in [0.25, 0.3) is 0 Å². The molecule has 3 aromatic rings. The molecule has 1 aromatic carbocycles. The van der Waals surface area contributed by atoms with Gasteiger partial charge >= 0.3 is 0 Å². The molecule has 0 unspecified atom stereocenters. The normalized spacial score (nSPS) is 14.0. The van der Waals surface area contributed by atoms with Gasteiger partial charge in [0, 0.05) is 49.8 Å². The number of hydrogen-bond donors (Lipinski definition) is 1. The van der Waals surface area contributed by atoms with Gasteiger partial charge < -0.3 is 15.1 Å². The van der Waals surface area contributed by atoms with Crippen molar-refractivity contribution in [2.45, 2.75) is 6.92 Å². The van der Waals surface area contributed by atoms with Gasteiger partial charge in [-0.25, -0.2) is 9.97 Å². The van der Waals surface area contributed by atoms with Crippen LogP contribution in [0.1, 0.15) is 17.3 Å². The van der Waals surface area contributed by atoms with Gasteiger partial charge in [0.05, 0.1) is 6.20 Å². The summed E-state index contributed by atoms with van der Waals surface area (Å²) >= 11 is 0. The number of carbonyl (C=O) groups is 1. The Bertz CT molecular complexity index is 940. The van der Waals surface area contributed by atoms with Gasteiger partial charge in [0.15, 0.2) is 11.6 Å². The highest BCUT2D eigenvalue weighted by Crippen LogP contribution is 2.18. The van der Waals surface area contributed by atoms with E-state index in [1.807, 2.05) is 18.2 Å². The van der Waals surface area contributed by atoms with Gasteiger partial charge in [-0.2, -0.15) is 10.1 Å². The number of hydrogen-bond acceptors (Lipinski definition) is 9. The maximum Gasteiger partial charge on any atom is 0.249 e. The number of benzene rings is 1. The average molecular weight is 376 g/mol. The highest BCUT2D eigenvalue weighted by Gasteiger charge is 2.20. The maximum absolute atomic E-state index is 11.4. The Morgan fingerprint density at radius 2 is 1.68 bits per heavy atom. The maximum atomic E-state index is 11.4. The Balaban J connectivity index is 1.41. The van der Waals surface area contributed by atoms with E-state index in [2.05, 4.69) is 40.3 Å². The van der Waals surface area contributed by atoms with Crippen molar-refractivity contribution in [3.63, 3.8) is 0 Å². The number of aromatic nitrogens is 5. The van der Waals surface area contributed by atoms with Crippen molar-refractivity contribution in [2.24, 2.45) is 0 Å². The molecule has 2 aromatic heterocycles. The molecule has 0 atom stereocenters. The third-order valence-electron chi connectivity index (χ3n) is 4.53. The minimum absolute atomic E-state index is 0.0338. The van der Waals surface area contributed by atoms with E-state index in [9.17, 15) is 4.79 Å². The van der Waals surface area contributed by atoms with Crippen molar-refractivity contribution >= 4 is 29.2 Å². The average Bonchev–Trinajstić information content (AvgIpc) is 2.75. The van der Waals surface area contributed by atoms with Gasteiger partial charge in [-0.3, -0.25) is 4.79 Å². The lowest BCUT2D eigenvalue weighted by molar-refractivity contribution is 0.101. The minimum Gasteiger partial charge on any atom is -0.352 e. The van der Waals surface area contributed by atoms with E-state index in [4.69, 9.17) is 0 Å². The summed E-state index contributed by atoms with van der Waals surface area (Å²) in [6.45, 7) is 4.75. The fourth-order valence-electron chi connectivity index (χ4n) is 3.01. The molecule has 0 saturated carbocycles. The lowest BCUT2D eigenvalue weighted by atomic mass is 10.1. The van der Waals surface area contributed by atoms with E-state index in [0.29, 0.717) is 11.5 Å². The van der Waals surface area contributed by atoms with Crippen LogP contribution >= 0.6 is 0 Å². The first-order valence-electron chi connectivity index (χ1n) is 9.04. The van der Waals surface area contributed by atoms with Gasteiger partial charge in [-0.15, -0.1) is 5.10 Å². The summed E-state index contributed by atoms with van der Waals surface area (Å²) in [5.74, 6) is 1.97. The van der Waals surface area contributed by atoms with E-state index >= 15 is 0 Å². The summed E-state index contributed by atoms with van der Waals surface area (Å²) in [6, 6.07) is 9.00. The number of ketones is 1. The Labute approximate surface area is 162 Å². The summed E-state index contributed by atoms with van der Waals surface area (Å²) in [7, 11) is 0. The van der Waals surface area contributed by atoms with Crippen LogP contribution in [0.4, 0.5) is 23.4 Å². The number of anilines is 4. The zero-order valence-electron chi connectivity index (χ0n) is 15.5. The Kier molecular flexibility index (Phi) is 5.05. The van der Waals surface area contributed by atoms with E-state index in [0.717, 1.165) is 43.6 Å². The first kappa shape index (κ1) is 17.8. The lowest BCUT2D eigenvalue weighted by Gasteiger charge is -2.35. The molecule has 0 amide bonds. The molecule has 1 aliphatic rings. The molecule has 1 N–H and O–H groups in total. The lowest BCUT2D eigenvalue weighted by Crippen LogP contribution is -2.47. The van der Waals surface area contributed by atoms with Crippen molar-refractivity contribution in [3.8, 4) is 0 Å². The highest BCUT2D eigenvalue weighted by atomic mass is 16.1. The number of rotatable bonds is 5. The standard InChI is InChI=1S/C19H20N8O/c1-14(28)15-3-5-16(6-4-15)23-18-24-17(13-22-25-18)26-9-11-27(12-10-26)19-20-7-2-8-21-19/h2-8,13H,9-12H2,1H3,(H,23,24,25). The SMILES string of the molecule is CC(=O)c1ccc(Nc2nncc(N3CCN(c4ncccn4)CC3)n2)cc1. The second-order valence-electron chi connectivity index (χ2n) is 6.42. The Hall–Kier alpha value is -3.62. The van der Waals surface area contributed by atoms with Crippen molar-refractivity contribution in [3.05, 3.63) is 54.5 Å². The van der Waals surface area contributed by atoms with E-state index < -0.39 is 0 Å². The van der Waals surface area contributed by atoms with Gasteiger partial charge in [0.1, 0.15) is 0 Å². The number of nitrogens with zero attached hydrogens (tertiary/aromatic N) is 7. The Morgan fingerprint density at radius 3 is 2.36 bits per heavy atom. The van der Waals surface area contributed by atoms with Gasteiger partial charge in [0.2, 0.25) is 11.9 Å². The predicted octanol–water partition coefficient (Wildman–Crippen LogP) is 1.93. The van der Waals surface area contributed by atoms with Crippen LogP contribution in [0.5, 0.6) is 0 Å². The first-order valence-corrected chi connectivity index (χ1v) is 9.04. The summed E-state index contributed by atoms with van der Waals surface area (Å²) < 4.78 is 0. The first-order chi connectivity index (χ1) is 13.7. The molecular weight excluding hydrogens is 356 g/mol. The third-order valence-corrected chi connectivity index (χ3v) is 4.53. The van der Waals surface area contributed by atoms with Gasteiger partial charge in [-0.1, -0.05) is 0 Å². The topological polar surface area (TPSA) is 100 Å². The summed E-state index contributed by atoms with van der Waals surface area (Å²) in [6.07, 6.45) is 5.17. The van der Waals surface area contributed by atoms with E-state index in [1.165, 1.54) is 0 Å². The van der Waals surface area contributed by atoms with Gasteiger partial charge in [-0.05, 0) is 37.3 Å². The zero-order chi connectivity index (χ0) is 19.3. The predicted molar refractivity (Wildman–Crippen MR) is 106 cm³/mol. The number of Topliss-reactive ketones (excluding diaryl/α,β-unsaturated/α-hetero) is 1. The van der Waals surface area contributed by atoms with Crippen LogP contribution in [0, 0.1) is 0 Å². The molecule has 142 valence electrons. The molecule has 0 aliphatic carbocycles. The fraction of sp³-hybridized carbons (Fsp3) is 0.263. The van der Waals surface area contributed by atoms with Crippen molar-refractivity contribution in [1.82, 2.24) is 25.1 Å². The van der Waals surface area contributed by atoms with Crippen LogP contribution in [0.3, 0.4) is 0 Å². The largest absolute Gasteiger partial charge is 0.352 e.